The molecule has 20 heavy (non-hydrogen) atoms. The van der Waals surface area contributed by atoms with Gasteiger partial charge in [-0.05, 0) is 69.5 Å². The van der Waals surface area contributed by atoms with Crippen LogP contribution in [0.15, 0.2) is 0 Å². The number of aliphatic hydroxyl groups is 1. The zero-order valence-corrected chi connectivity index (χ0v) is 13.4. The molecule has 0 aromatic carbocycles. The summed E-state index contributed by atoms with van der Waals surface area (Å²) >= 11 is 0. The average molecular weight is 280 g/mol. The van der Waals surface area contributed by atoms with Crippen LogP contribution in [0.4, 0.5) is 0 Å². The van der Waals surface area contributed by atoms with Gasteiger partial charge in [-0.2, -0.15) is 0 Å². The van der Waals surface area contributed by atoms with Gasteiger partial charge in [-0.25, -0.2) is 0 Å². The van der Waals surface area contributed by atoms with Gasteiger partial charge in [-0.3, -0.25) is 4.90 Å². The van der Waals surface area contributed by atoms with Crippen LogP contribution in [0, 0.1) is 11.3 Å². The molecule has 1 saturated carbocycles. The summed E-state index contributed by atoms with van der Waals surface area (Å²) in [6.45, 7) is 11.0. The van der Waals surface area contributed by atoms with Crippen LogP contribution in [0.3, 0.4) is 0 Å². The van der Waals surface area contributed by atoms with Crippen LogP contribution in [0.2, 0.25) is 0 Å². The SMILES string of the molecule is CC1(C)CCC(O)C(CN2CCC(N3CCCC3)C2)C1. The van der Waals surface area contributed by atoms with Crippen LogP contribution in [0.1, 0.15) is 52.4 Å². The Morgan fingerprint density at radius 3 is 2.60 bits per heavy atom. The minimum Gasteiger partial charge on any atom is -0.393 e. The Hall–Kier alpha value is -0.120. The fraction of sp³-hybridized carbons (Fsp3) is 1.00. The minimum absolute atomic E-state index is 0.0612. The van der Waals surface area contributed by atoms with Crippen LogP contribution >= 0.6 is 0 Å². The standard InChI is InChI=1S/C17H32N2O/c1-17(2)7-5-16(20)14(11-17)12-18-10-6-15(13-18)19-8-3-4-9-19/h14-16,20H,3-13H2,1-2H3. The first kappa shape index (κ1) is 14.8. The molecule has 3 unspecified atom stereocenters. The molecule has 3 nitrogen and oxygen atoms in total. The Morgan fingerprint density at radius 2 is 1.85 bits per heavy atom. The van der Waals surface area contributed by atoms with Gasteiger partial charge in [0.05, 0.1) is 6.10 Å². The molecule has 3 atom stereocenters. The van der Waals surface area contributed by atoms with E-state index in [0.29, 0.717) is 11.3 Å². The van der Waals surface area contributed by atoms with E-state index in [4.69, 9.17) is 0 Å². The van der Waals surface area contributed by atoms with Gasteiger partial charge in [0.1, 0.15) is 0 Å². The van der Waals surface area contributed by atoms with Crippen LogP contribution in [-0.4, -0.2) is 59.8 Å². The number of rotatable bonds is 3. The van der Waals surface area contributed by atoms with Gasteiger partial charge in [0, 0.05) is 19.1 Å². The van der Waals surface area contributed by atoms with E-state index in [1.165, 1.54) is 58.3 Å². The molecular weight excluding hydrogens is 248 g/mol. The maximum Gasteiger partial charge on any atom is 0.0581 e. The number of aliphatic hydroxyl groups excluding tert-OH is 1. The first-order chi connectivity index (χ1) is 9.53. The van der Waals surface area contributed by atoms with Crippen molar-refractivity contribution >= 4 is 0 Å². The molecule has 1 aliphatic carbocycles. The molecule has 0 aromatic heterocycles. The van der Waals surface area contributed by atoms with Crippen molar-refractivity contribution in [1.29, 1.82) is 0 Å². The molecule has 3 rings (SSSR count). The summed E-state index contributed by atoms with van der Waals surface area (Å²) in [5.74, 6) is 0.496. The Labute approximate surface area is 124 Å². The summed E-state index contributed by atoms with van der Waals surface area (Å²) in [5, 5.41) is 10.3. The van der Waals surface area contributed by atoms with Gasteiger partial charge in [-0.15, -0.1) is 0 Å². The first-order valence-electron chi connectivity index (χ1n) is 8.68. The van der Waals surface area contributed by atoms with Gasteiger partial charge in [-0.1, -0.05) is 13.8 Å². The van der Waals surface area contributed by atoms with E-state index in [-0.39, 0.29) is 6.10 Å². The van der Waals surface area contributed by atoms with Crippen molar-refractivity contribution in [2.45, 2.75) is 64.5 Å². The van der Waals surface area contributed by atoms with Crippen LogP contribution in [0.25, 0.3) is 0 Å². The summed E-state index contributed by atoms with van der Waals surface area (Å²) in [6, 6.07) is 0.797. The molecule has 3 heteroatoms. The smallest absolute Gasteiger partial charge is 0.0581 e. The lowest BCUT2D eigenvalue weighted by Gasteiger charge is -2.40. The molecule has 3 aliphatic rings. The molecule has 1 N–H and O–H groups in total. The molecule has 0 spiro atoms. The van der Waals surface area contributed by atoms with Gasteiger partial charge in [0.2, 0.25) is 0 Å². The van der Waals surface area contributed by atoms with E-state index in [2.05, 4.69) is 23.6 Å². The van der Waals surface area contributed by atoms with E-state index in [1.807, 2.05) is 0 Å². The normalized spacial score (nSPS) is 39.5. The van der Waals surface area contributed by atoms with E-state index in [1.54, 1.807) is 0 Å². The Bertz CT molecular complexity index is 325. The van der Waals surface area contributed by atoms with Crippen molar-refractivity contribution in [2.24, 2.45) is 11.3 Å². The predicted octanol–water partition coefficient (Wildman–Crippen LogP) is 2.34. The summed E-state index contributed by atoms with van der Waals surface area (Å²) in [5.41, 5.74) is 0.429. The number of hydrogen-bond donors (Lipinski definition) is 1. The summed E-state index contributed by atoms with van der Waals surface area (Å²) in [7, 11) is 0. The third-order valence-corrected chi connectivity index (χ3v) is 5.87. The van der Waals surface area contributed by atoms with Gasteiger partial charge in [0.25, 0.3) is 0 Å². The van der Waals surface area contributed by atoms with Crippen molar-refractivity contribution in [3.8, 4) is 0 Å². The first-order valence-corrected chi connectivity index (χ1v) is 8.68. The summed E-state index contributed by atoms with van der Waals surface area (Å²) in [4.78, 5) is 5.32. The molecule has 0 aromatic rings. The number of nitrogens with zero attached hydrogens (tertiary/aromatic N) is 2. The zero-order valence-electron chi connectivity index (χ0n) is 13.4. The Morgan fingerprint density at radius 1 is 1.10 bits per heavy atom. The van der Waals surface area contributed by atoms with E-state index >= 15 is 0 Å². The van der Waals surface area contributed by atoms with Crippen molar-refractivity contribution in [1.82, 2.24) is 9.80 Å². The molecule has 116 valence electrons. The van der Waals surface area contributed by atoms with Gasteiger partial charge >= 0.3 is 0 Å². The zero-order chi connectivity index (χ0) is 14.2. The highest BCUT2D eigenvalue weighted by molar-refractivity contribution is 4.90. The molecule has 2 aliphatic heterocycles. The Kier molecular flexibility index (Phi) is 4.40. The third kappa shape index (κ3) is 3.37. The second-order valence-corrected chi connectivity index (χ2v) is 8.18. The lowest BCUT2D eigenvalue weighted by molar-refractivity contribution is 0.00659. The molecular formula is C17H32N2O. The number of hydrogen-bond acceptors (Lipinski definition) is 3. The second-order valence-electron chi connectivity index (χ2n) is 8.18. The van der Waals surface area contributed by atoms with Crippen molar-refractivity contribution < 1.29 is 5.11 Å². The topological polar surface area (TPSA) is 26.7 Å². The van der Waals surface area contributed by atoms with Crippen molar-refractivity contribution in [3.63, 3.8) is 0 Å². The molecule has 3 fully saturated rings. The average Bonchev–Trinajstić information content (AvgIpc) is 3.03. The lowest BCUT2D eigenvalue weighted by Crippen LogP contribution is -2.42. The van der Waals surface area contributed by atoms with Crippen molar-refractivity contribution in [3.05, 3.63) is 0 Å². The molecule has 0 bridgehead atoms. The molecule has 0 amide bonds. The quantitative estimate of drug-likeness (QED) is 0.859. The van der Waals surface area contributed by atoms with Crippen molar-refractivity contribution in [2.75, 3.05) is 32.7 Å². The minimum atomic E-state index is -0.0612. The lowest BCUT2D eigenvalue weighted by atomic mass is 9.71. The van der Waals surface area contributed by atoms with Crippen LogP contribution in [0.5, 0.6) is 0 Å². The highest BCUT2D eigenvalue weighted by atomic mass is 16.3. The number of likely N-dealkylation sites (tertiary alicyclic amines) is 2. The highest BCUT2D eigenvalue weighted by Crippen LogP contribution is 2.39. The largest absolute Gasteiger partial charge is 0.393 e. The molecule has 2 heterocycles. The maximum atomic E-state index is 10.3. The van der Waals surface area contributed by atoms with Gasteiger partial charge in [0.15, 0.2) is 0 Å². The highest BCUT2D eigenvalue weighted by Gasteiger charge is 2.37. The van der Waals surface area contributed by atoms with E-state index in [9.17, 15) is 5.11 Å². The fourth-order valence-corrected chi connectivity index (χ4v) is 4.62. The summed E-state index contributed by atoms with van der Waals surface area (Å²) < 4.78 is 0. The predicted molar refractivity (Wildman–Crippen MR) is 82.8 cm³/mol. The second kappa shape index (κ2) is 5.94. The fourth-order valence-electron chi connectivity index (χ4n) is 4.62. The van der Waals surface area contributed by atoms with E-state index < -0.39 is 0 Å². The van der Waals surface area contributed by atoms with E-state index in [0.717, 1.165) is 19.0 Å². The summed E-state index contributed by atoms with van der Waals surface area (Å²) in [6.07, 6.45) is 7.44. The molecule has 0 radical (unpaired) electrons. The monoisotopic (exact) mass is 280 g/mol. The maximum absolute atomic E-state index is 10.3. The van der Waals surface area contributed by atoms with Crippen LogP contribution < -0.4 is 0 Å². The Balaban J connectivity index is 1.50. The molecule has 2 saturated heterocycles. The van der Waals surface area contributed by atoms with Crippen LogP contribution in [-0.2, 0) is 0 Å². The third-order valence-electron chi connectivity index (χ3n) is 5.87. The van der Waals surface area contributed by atoms with Gasteiger partial charge < -0.3 is 10.0 Å².